The zero-order valence-electron chi connectivity index (χ0n) is 21.4. The second-order valence-corrected chi connectivity index (χ2v) is 11.6. The van der Waals surface area contributed by atoms with Crippen molar-refractivity contribution in [1.82, 2.24) is 10.2 Å². The maximum atomic E-state index is 12.2. The fraction of sp³-hybridized carbons (Fsp3) is 0.500. The van der Waals surface area contributed by atoms with Crippen LogP contribution in [0.1, 0.15) is 48.8 Å². The zero-order valence-corrected chi connectivity index (χ0v) is 22.2. The molecule has 7 heteroatoms. The summed E-state index contributed by atoms with van der Waals surface area (Å²) in [6.07, 6.45) is 8.72. The molecule has 1 saturated carbocycles. The van der Waals surface area contributed by atoms with Crippen molar-refractivity contribution in [1.29, 1.82) is 0 Å². The number of likely N-dealkylation sites (N-methyl/N-ethyl adjacent to an activating group) is 2. The Morgan fingerprint density at radius 3 is 2.70 bits per heavy atom. The van der Waals surface area contributed by atoms with E-state index in [-0.39, 0.29) is 23.1 Å². The summed E-state index contributed by atoms with van der Waals surface area (Å²) in [5, 5.41) is 24.5. The number of phenols is 1. The highest BCUT2D eigenvalue weighted by Gasteiger charge is 2.64. The molecule has 3 N–H and O–H groups in total. The molecule has 2 fully saturated rings. The van der Waals surface area contributed by atoms with Crippen LogP contribution in [0.2, 0.25) is 5.02 Å². The van der Waals surface area contributed by atoms with E-state index >= 15 is 0 Å². The SMILES string of the molecule is CN1CC[C@]23c4c5ccc(O)c4O[C@H]2[C@@H](O)C=C[C@H]3[C@H]1C5.CNC1(c2ccccc2Cl)CCCCC1=O. The number of rotatable bonds is 2. The molecule has 1 unspecified atom stereocenters. The molecule has 2 bridgehead atoms. The van der Waals surface area contributed by atoms with Gasteiger partial charge in [-0.2, -0.15) is 0 Å². The number of benzene rings is 2. The number of piperidine rings is 1. The average molecular weight is 523 g/mol. The minimum atomic E-state index is -0.594. The molecular formula is C30H35ClN2O4. The first-order valence-corrected chi connectivity index (χ1v) is 13.8. The fourth-order valence-electron chi connectivity index (χ4n) is 7.76. The van der Waals surface area contributed by atoms with Crippen molar-refractivity contribution in [2.75, 3.05) is 20.6 Å². The highest BCUT2D eigenvalue weighted by Crippen LogP contribution is 2.62. The van der Waals surface area contributed by atoms with Gasteiger partial charge in [0.2, 0.25) is 0 Å². The van der Waals surface area contributed by atoms with Crippen LogP contribution in [-0.2, 0) is 22.2 Å². The van der Waals surface area contributed by atoms with E-state index in [1.807, 2.05) is 43.5 Å². The summed E-state index contributed by atoms with van der Waals surface area (Å²) in [5.41, 5.74) is 2.65. The molecule has 0 aromatic heterocycles. The van der Waals surface area contributed by atoms with Gasteiger partial charge < -0.3 is 25.2 Å². The monoisotopic (exact) mass is 522 g/mol. The molecular weight excluding hydrogens is 488 g/mol. The Hall–Kier alpha value is -2.38. The Morgan fingerprint density at radius 1 is 1.14 bits per heavy atom. The predicted molar refractivity (Wildman–Crippen MR) is 143 cm³/mol. The number of hydrogen-bond donors (Lipinski definition) is 3. The van der Waals surface area contributed by atoms with Crippen molar-refractivity contribution in [2.24, 2.45) is 5.92 Å². The van der Waals surface area contributed by atoms with E-state index < -0.39 is 11.6 Å². The number of ketones is 1. The largest absolute Gasteiger partial charge is 0.504 e. The van der Waals surface area contributed by atoms with Crippen molar-refractivity contribution in [3.8, 4) is 11.5 Å². The van der Waals surface area contributed by atoms with Gasteiger partial charge in [-0.25, -0.2) is 0 Å². The average Bonchev–Trinajstić information content (AvgIpc) is 3.26. The third-order valence-electron chi connectivity index (χ3n) is 9.59. The quantitative estimate of drug-likeness (QED) is 0.515. The van der Waals surface area contributed by atoms with Gasteiger partial charge in [0.15, 0.2) is 17.3 Å². The molecule has 0 amide bonds. The first-order chi connectivity index (χ1) is 17.8. The van der Waals surface area contributed by atoms with Crippen LogP contribution in [-0.4, -0.2) is 59.8 Å². The third kappa shape index (κ3) is 3.53. The van der Waals surface area contributed by atoms with E-state index in [1.54, 1.807) is 6.07 Å². The van der Waals surface area contributed by atoms with Crippen LogP contribution in [0.15, 0.2) is 48.6 Å². The number of phenolic OH excluding ortho intramolecular Hbond substituents is 1. The summed E-state index contributed by atoms with van der Waals surface area (Å²) in [4.78, 5) is 14.6. The van der Waals surface area contributed by atoms with Gasteiger partial charge in [-0.1, -0.05) is 54.4 Å². The molecule has 1 spiro atoms. The van der Waals surface area contributed by atoms with Crippen LogP contribution in [0.4, 0.5) is 0 Å². The number of hydrogen-bond acceptors (Lipinski definition) is 6. The van der Waals surface area contributed by atoms with Crippen molar-refractivity contribution in [3.05, 3.63) is 70.3 Å². The van der Waals surface area contributed by atoms with Crippen LogP contribution in [0.5, 0.6) is 11.5 Å². The molecule has 6 atom stereocenters. The first kappa shape index (κ1) is 24.9. The Kier molecular flexibility index (Phi) is 6.15. The number of Topliss-reactive ketones (excluding diaryl/α,β-unsaturated/α-hetero) is 1. The molecule has 2 aliphatic heterocycles. The summed E-state index contributed by atoms with van der Waals surface area (Å²) in [7, 11) is 4.03. The number of halogens is 1. The van der Waals surface area contributed by atoms with Crippen LogP contribution >= 0.6 is 11.6 Å². The summed E-state index contributed by atoms with van der Waals surface area (Å²) in [5.74, 6) is 1.45. The highest BCUT2D eigenvalue weighted by atomic mass is 35.5. The molecule has 3 aliphatic carbocycles. The molecule has 0 radical (unpaired) electrons. The number of carbonyl (C=O) groups is 1. The van der Waals surface area contributed by atoms with Gasteiger partial charge in [0.05, 0.1) is 0 Å². The van der Waals surface area contributed by atoms with Gasteiger partial charge in [0.1, 0.15) is 17.7 Å². The second-order valence-electron chi connectivity index (χ2n) is 11.2. The Labute approximate surface area is 223 Å². The minimum Gasteiger partial charge on any atom is -0.504 e. The first-order valence-electron chi connectivity index (χ1n) is 13.4. The predicted octanol–water partition coefficient (Wildman–Crippen LogP) is 4.10. The number of aliphatic hydroxyl groups is 1. The molecule has 5 aliphatic rings. The van der Waals surface area contributed by atoms with Gasteiger partial charge in [0, 0.05) is 34.4 Å². The van der Waals surface area contributed by atoms with Crippen molar-refractivity contribution in [3.63, 3.8) is 0 Å². The number of nitrogens with one attached hydrogen (secondary N) is 1. The van der Waals surface area contributed by atoms with Gasteiger partial charge >= 0.3 is 0 Å². The summed E-state index contributed by atoms with van der Waals surface area (Å²) in [6, 6.07) is 11.8. The standard InChI is InChI=1S/C17H19NO3.C13H16ClNO/c1-18-7-6-17-10-3-5-13(20)16(17)21-15-12(19)4-2-9(14(15)17)8-11(10)18;1-15-13(9-5-4-8-12(13)16)10-6-2-3-7-11(10)14/h2-5,10-11,13,16,19-20H,6-8H2,1H3;2-3,6-7,15H,4-5,8-9H2,1H3/t10-,11+,13-,16-,17-;/m0./s1. The summed E-state index contributed by atoms with van der Waals surface area (Å²) >= 11 is 6.20. The Bertz CT molecular complexity index is 1260. The fourth-order valence-corrected chi connectivity index (χ4v) is 8.06. The van der Waals surface area contributed by atoms with Gasteiger partial charge in [-0.3, -0.25) is 4.79 Å². The second kappa shape index (κ2) is 9.12. The van der Waals surface area contributed by atoms with E-state index in [9.17, 15) is 15.0 Å². The maximum Gasteiger partial charge on any atom is 0.165 e. The van der Waals surface area contributed by atoms with E-state index in [4.69, 9.17) is 16.3 Å². The van der Waals surface area contributed by atoms with Gasteiger partial charge in [-0.15, -0.1) is 0 Å². The van der Waals surface area contributed by atoms with Gasteiger partial charge in [0.25, 0.3) is 0 Å². The Balaban J connectivity index is 0.000000142. The van der Waals surface area contributed by atoms with Crippen LogP contribution in [0, 0.1) is 5.92 Å². The summed E-state index contributed by atoms with van der Waals surface area (Å²) < 4.78 is 6.09. The lowest BCUT2D eigenvalue weighted by Gasteiger charge is -2.56. The number of carbonyl (C=O) groups excluding carboxylic acids is 1. The van der Waals surface area contributed by atoms with E-state index in [0.29, 0.717) is 29.2 Å². The lowest BCUT2D eigenvalue weighted by Crippen LogP contribution is -2.64. The number of ether oxygens (including phenoxy) is 1. The van der Waals surface area contributed by atoms with Crippen molar-refractivity contribution < 1.29 is 19.7 Å². The lowest BCUT2D eigenvalue weighted by molar-refractivity contribution is -0.127. The molecule has 1 saturated heterocycles. The summed E-state index contributed by atoms with van der Waals surface area (Å²) in [6.45, 7) is 1.01. The number of aromatic hydroxyl groups is 1. The number of aliphatic hydroxyl groups excluding tert-OH is 1. The van der Waals surface area contributed by atoms with E-state index in [2.05, 4.69) is 23.3 Å². The molecule has 37 heavy (non-hydrogen) atoms. The van der Waals surface area contributed by atoms with E-state index in [0.717, 1.165) is 44.2 Å². The molecule has 2 aromatic carbocycles. The smallest absolute Gasteiger partial charge is 0.165 e. The zero-order chi connectivity index (χ0) is 25.9. The molecule has 196 valence electrons. The molecule has 7 rings (SSSR count). The van der Waals surface area contributed by atoms with Crippen molar-refractivity contribution in [2.45, 2.75) is 67.7 Å². The third-order valence-corrected chi connectivity index (χ3v) is 9.92. The normalized spacial score (nSPS) is 35.3. The highest BCUT2D eigenvalue weighted by molar-refractivity contribution is 6.31. The molecule has 2 heterocycles. The van der Waals surface area contributed by atoms with Crippen LogP contribution < -0.4 is 10.1 Å². The van der Waals surface area contributed by atoms with Gasteiger partial charge in [-0.05, 0) is 69.6 Å². The maximum absolute atomic E-state index is 12.2. The Morgan fingerprint density at radius 2 is 1.95 bits per heavy atom. The number of nitrogens with zero attached hydrogens (tertiary/aromatic N) is 1. The molecule has 6 nitrogen and oxygen atoms in total. The lowest BCUT2D eigenvalue weighted by atomic mass is 9.53. The topological polar surface area (TPSA) is 82.0 Å². The van der Waals surface area contributed by atoms with Crippen molar-refractivity contribution >= 4 is 17.4 Å². The van der Waals surface area contributed by atoms with Crippen LogP contribution in [0.25, 0.3) is 0 Å². The van der Waals surface area contributed by atoms with E-state index in [1.165, 1.54) is 11.1 Å². The molecule has 2 aromatic rings. The number of likely N-dealkylation sites (tertiary alicyclic amines) is 1. The minimum absolute atomic E-state index is 0.160. The van der Waals surface area contributed by atoms with Crippen LogP contribution in [0.3, 0.4) is 0 Å².